The minimum absolute atomic E-state index is 0.366. The van der Waals surface area contributed by atoms with Crippen molar-refractivity contribution in [1.29, 1.82) is 0 Å². The van der Waals surface area contributed by atoms with E-state index in [0.717, 1.165) is 23.4 Å². The maximum atomic E-state index is 13.9. The molecule has 0 spiro atoms. The van der Waals surface area contributed by atoms with Crippen LogP contribution in [-0.4, -0.2) is 12.0 Å². The van der Waals surface area contributed by atoms with Crippen molar-refractivity contribution in [2.24, 2.45) is 0 Å². The molecule has 3 N–H and O–H groups in total. The van der Waals surface area contributed by atoms with Gasteiger partial charge in [0, 0.05) is 12.1 Å². The van der Waals surface area contributed by atoms with E-state index >= 15 is 0 Å². The van der Waals surface area contributed by atoms with Gasteiger partial charge in [-0.2, -0.15) is 4.28 Å². The molecule has 22 heavy (non-hydrogen) atoms. The third kappa shape index (κ3) is 4.16. The molecule has 2 rings (SSSR count). The van der Waals surface area contributed by atoms with E-state index in [0.29, 0.717) is 22.3 Å². The Hall–Kier alpha value is -1.70. The standard InChI is InChI=1S/C14H16ClFN4OS/c1-8-4-13(17)18-14(5-8)19-21-22-20(3)12-6-9(2)10(15)7-11(12)16/h4-7H,1-3H3,(H3,17,18,19). The van der Waals surface area contributed by atoms with Crippen LogP contribution in [0.1, 0.15) is 11.1 Å². The second-order valence-corrected chi connectivity index (χ2v) is 6.04. The second kappa shape index (κ2) is 7.04. The van der Waals surface area contributed by atoms with Crippen LogP contribution < -0.4 is 15.5 Å². The fourth-order valence-corrected chi connectivity index (χ4v) is 2.39. The molecular weight excluding hydrogens is 327 g/mol. The van der Waals surface area contributed by atoms with Gasteiger partial charge in [0.05, 0.1) is 5.69 Å². The fourth-order valence-electron chi connectivity index (χ4n) is 1.79. The van der Waals surface area contributed by atoms with E-state index in [4.69, 9.17) is 21.6 Å². The van der Waals surface area contributed by atoms with Crippen molar-refractivity contribution >= 4 is 41.2 Å². The molecule has 0 aliphatic heterocycles. The Labute approximate surface area is 137 Å². The monoisotopic (exact) mass is 342 g/mol. The smallest absolute Gasteiger partial charge is 0.153 e. The number of hydrogen-bond donors (Lipinski definition) is 2. The van der Waals surface area contributed by atoms with E-state index in [1.54, 1.807) is 25.2 Å². The molecule has 0 bridgehead atoms. The Kier molecular flexibility index (Phi) is 5.33. The van der Waals surface area contributed by atoms with Gasteiger partial charge in [0.2, 0.25) is 0 Å². The molecular formula is C14H16ClFN4OS. The van der Waals surface area contributed by atoms with Gasteiger partial charge >= 0.3 is 0 Å². The number of benzene rings is 1. The van der Waals surface area contributed by atoms with Gasteiger partial charge in [-0.25, -0.2) is 14.9 Å². The summed E-state index contributed by atoms with van der Waals surface area (Å²) in [7, 11) is 1.68. The van der Waals surface area contributed by atoms with Crippen molar-refractivity contribution in [2.75, 3.05) is 22.6 Å². The van der Waals surface area contributed by atoms with Crippen molar-refractivity contribution in [3.63, 3.8) is 0 Å². The lowest BCUT2D eigenvalue weighted by Gasteiger charge is -2.18. The van der Waals surface area contributed by atoms with Crippen molar-refractivity contribution in [3.05, 3.63) is 46.2 Å². The predicted octanol–water partition coefficient (Wildman–Crippen LogP) is 4.12. The number of hydrogen-bond acceptors (Lipinski definition) is 6. The second-order valence-electron chi connectivity index (χ2n) is 4.76. The molecule has 0 radical (unpaired) electrons. The zero-order valence-electron chi connectivity index (χ0n) is 12.4. The molecule has 8 heteroatoms. The maximum Gasteiger partial charge on any atom is 0.153 e. The summed E-state index contributed by atoms with van der Waals surface area (Å²) in [5, 5.41) is 0.387. The third-order valence-corrected chi connectivity index (χ3v) is 3.84. The van der Waals surface area contributed by atoms with Gasteiger partial charge in [0.1, 0.15) is 23.9 Å². The van der Waals surface area contributed by atoms with Crippen LogP contribution in [-0.2, 0) is 4.28 Å². The number of nitrogens with two attached hydrogens (primary N) is 1. The normalized spacial score (nSPS) is 10.6. The molecule has 0 saturated heterocycles. The van der Waals surface area contributed by atoms with E-state index in [2.05, 4.69) is 10.5 Å². The highest BCUT2D eigenvalue weighted by molar-refractivity contribution is 7.96. The molecule has 1 heterocycles. The van der Waals surface area contributed by atoms with Crippen molar-refractivity contribution in [3.8, 4) is 0 Å². The summed E-state index contributed by atoms with van der Waals surface area (Å²) in [5.74, 6) is 0.446. The van der Waals surface area contributed by atoms with E-state index in [1.807, 2.05) is 13.8 Å². The van der Waals surface area contributed by atoms with E-state index in [1.165, 1.54) is 10.4 Å². The lowest BCUT2D eigenvalue weighted by Crippen LogP contribution is -2.12. The average molecular weight is 343 g/mol. The summed E-state index contributed by atoms with van der Waals surface area (Å²) in [5.41, 5.74) is 10.4. The van der Waals surface area contributed by atoms with E-state index in [9.17, 15) is 4.39 Å². The molecule has 0 fully saturated rings. The summed E-state index contributed by atoms with van der Waals surface area (Å²) >= 11 is 6.80. The van der Waals surface area contributed by atoms with Gasteiger partial charge in [-0.1, -0.05) is 11.6 Å². The molecule has 0 aliphatic carbocycles. The van der Waals surface area contributed by atoms with E-state index in [-0.39, 0.29) is 0 Å². The molecule has 0 amide bonds. The maximum absolute atomic E-state index is 13.9. The molecule has 0 saturated carbocycles. The zero-order valence-corrected chi connectivity index (χ0v) is 13.9. The van der Waals surface area contributed by atoms with Crippen LogP contribution in [0.3, 0.4) is 0 Å². The molecule has 2 aromatic rings. The first kappa shape index (κ1) is 16.7. The number of nitrogens with one attached hydrogen (secondary N) is 1. The predicted molar refractivity (Wildman–Crippen MR) is 90.2 cm³/mol. The Morgan fingerprint density at radius 1 is 1.32 bits per heavy atom. The molecule has 0 unspecified atom stereocenters. The molecule has 1 aromatic heterocycles. The summed E-state index contributed by atoms with van der Waals surface area (Å²) < 4.78 is 20.7. The lowest BCUT2D eigenvalue weighted by molar-refractivity contribution is 0.472. The van der Waals surface area contributed by atoms with Crippen molar-refractivity contribution in [1.82, 2.24) is 4.98 Å². The Balaban J connectivity index is 1.98. The third-order valence-electron chi connectivity index (χ3n) is 2.85. The highest BCUT2D eigenvalue weighted by Crippen LogP contribution is 2.29. The molecule has 0 aliphatic rings. The molecule has 118 valence electrons. The van der Waals surface area contributed by atoms with Gasteiger partial charge < -0.3 is 5.73 Å². The van der Waals surface area contributed by atoms with Crippen LogP contribution in [0.25, 0.3) is 0 Å². The number of nitrogen functional groups attached to an aromatic ring is 1. The van der Waals surface area contributed by atoms with Crippen LogP contribution in [0.15, 0.2) is 24.3 Å². The Morgan fingerprint density at radius 3 is 2.73 bits per heavy atom. The van der Waals surface area contributed by atoms with Gasteiger partial charge in [0.25, 0.3) is 0 Å². The minimum atomic E-state index is -0.424. The largest absolute Gasteiger partial charge is 0.384 e. The highest BCUT2D eigenvalue weighted by atomic mass is 35.5. The van der Waals surface area contributed by atoms with Crippen LogP contribution in [0.5, 0.6) is 0 Å². The SMILES string of the molecule is Cc1cc(N)nc(NOSN(C)c2cc(C)c(Cl)cc2F)c1. The Bertz CT molecular complexity index is 666. The van der Waals surface area contributed by atoms with Gasteiger partial charge in [-0.05, 0) is 49.2 Å². The number of rotatable bonds is 5. The number of pyridine rings is 1. The summed E-state index contributed by atoms with van der Waals surface area (Å²) in [6.07, 6.45) is 0. The van der Waals surface area contributed by atoms with Crippen LogP contribution in [0.4, 0.5) is 21.7 Å². The van der Waals surface area contributed by atoms with E-state index < -0.39 is 5.82 Å². The van der Waals surface area contributed by atoms with Crippen LogP contribution in [0.2, 0.25) is 5.02 Å². The quantitative estimate of drug-likeness (QED) is 0.484. The number of nitrogens with zero attached hydrogens (tertiary/aromatic N) is 2. The first-order chi connectivity index (χ1) is 10.4. The fraction of sp³-hybridized carbons (Fsp3) is 0.214. The molecule has 0 atom stereocenters. The average Bonchev–Trinajstić information content (AvgIpc) is 2.41. The minimum Gasteiger partial charge on any atom is -0.384 e. The van der Waals surface area contributed by atoms with Crippen molar-refractivity contribution < 1.29 is 8.67 Å². The first-order valence-corrected chi connectivity index (χ1v) is 7.47. The van der Waals surface area contributed by atoms with Crippen molar-refractivity contribution in [2.45, 2.75) is 13.8 Å². The summed E-state index contributed by atoms with van der Waals surface area (Å²) in [6.45, 7) is 3.71. The van der Waals surface area contributed by atoms with Gasteiger partial charge in [-0.3, -0.25) is 4.31 Å². The van der Waals surface area contributed by atoms with Crippen LogP contribution >= 0.6 is 23.8 Å². The topological polar surface area (TPSA) is 63.4 Å². The van der Waals surface area contributed by atoms with Gasteiger partial charge in [-0.15, -0.1) is 0 Å². The zero-order chi connectivity index (χ0) is 16.3. The number of aromatic nitrogens is 1. The molecule has 5 nitrogen and oxygen atoms in total. The van der Waals surface area contributed by atoms with Gasteiger partial charge in [0.15, 0.2) is 5.82 Å². The summed E-state index contributed by atoms with van der Waals surface area (Å²) in [6, 6.07) is 6.46. The number of anilines is 3. The lowest BCUT2D eigenvalue weighted by atomic mass is 10.2. The van der Waals surface area contributed by atoms with Crippen LogP contribution in [0, 0.1) is 19.7 Å². The Morgan fingerprint density at radius 2 is 2.05 bits per heavy atom. The number of halogens is 2. The summed E-state index contributed by atoms with van der Waals surface area (Å²) in [4.78, 5) is 4.07. The number of aryl methyl sites for hydroxylation is 2. The highest BCUT2D eigenvalue weighted by Gasteiger charge is 2.12. The molecule has 1 aromatic carbocycles. The first-order valence-electron chi connectivity index (χ1n) is 6.40.